The highest BCUT2D eigenvalue weighted by atomic mass is 16.5. The van der Waals surface area contributed by atoms with Crippen LogP contribution < -0.4 is 10.8 Å². The lowest BCUT2D eigenvalue weighted by molar-refractivity contribution is -0.138. The predicted octanol–water partition coefficient (Wildman–Crippen LogP) is 6.57. The van der Waals surface area contributed by atoms with Crippen molar-refractivity contribution in [3.8, 4) is 11.1 Å². The van der Waals surface area contributed by atoms with Crippen molar-refractivity contribution in [2.24, 2.45) is 17.8 Å². The van der Waals surface area contributed by atoms with Crippen LogP contribution in [0.3, 0.4) is 0 Å². The summed E-state index contributed by atoms with van der Waals surface area (Å²) in [6.07, 6.45) is 6.49. The van der Waals surface area contributed by atoms with Gasteiger partial charge in [-0.05, 0) is 72.4 Å². The number of hydrogen-bond acceptors (Lipinski definition) is 4. The maximum absolute atomic E-state index is 13.7. The molecule has 1 heterocycles. The fraction of sp³-hybridized carbons (Fsp3) is 0.455. The first-order valence-electron chi connectivity index (χ1n) is 14.3. The van der Waals surface area contributed by atoms with Crippen LogP contribution in [0.1, 0.15) is 70.4 Å². The van der Waals surface area contributed by atoms with E-state index in [4.69, 9.17) is 0 Å². The number of rotatable bonds is 13. The summed E-state index contributed by atoms with van der Waals surface area (Å²) in [7, 11) is 0. The number of hydrogen-bond donors (Lipinski definition) is 3. The highest BCUT2D eigenvalue weighted by Gasteiger charge is 2.34. The van der Waals surface area contributed by atoms with Gasteiger partial charge < -0.3 is 10.2 Å². The molecular weight excluding hydrogens is 486 g/mol. The second-order valence-corrected chi connectivity index (χ2v) is 11.1. The molecule has 0 spiro atoms. The Labute approximate surface area is 234 Å². The number of nitrogens with zero attached hydrogens (tertiary/aromatic N) is 1. The predicted molar refractivity (Wildman–Crippen MR) is 159 cm³/mol. The molecule has 0 saturated carbocycles. The second kappa shape index (κ2) is 14.7. The Kier molecular flexibility index (Phi) is 11.4. The van der Waals surface area contributed by atoms with Crippen LogP contribution >= 0.6 is 0 Å². The van der Waals surface area contributed by atoms with Gasteiger partial charge in [-0.1, -0.05) is 82.8 Å². The van der Waals surface area contributed by atoms with Crippen molar-refractivity contribution in [3.05, 3.63) is 78.5 Å². The Morgan fingerprint density at radius 2 is 1.85 bits per heavy atom. The van der Waals surface area contributed by atoms with Crippen LogP contribution in [0.4, 0.5) is 0 Å². The SMILES string of the molecule is C=Cc1cccc(-c2cccc(CN3CCCC[C@H](NC(=O)C(CC(C)C)C(CCC)C(=C)NO)C3=O)c2)c1. The topological polar surface area (TPSA) is 81.7 Å². The van der Waals surface area contributed by atoms with Gasteiger partial charge in [0.2, 0.25) is 11.8 Å². The van der Waals surface area contributed by atoms with Crippen molar-refractivity contribution < 1.29 is 14.8 Å². The summed E-state index contributed by atoms with van der Waals surface area (Å²) in [5, 5.41) is 12.7. The summed E-state index contributed by atoms with van der Waals surface area (Å²) in [6, 6.07) is 16.0. The molecule has 210 valence electrons. The van der Waals surface area contributed by atoms with Crippen molar-refractivity contribution in [3.63, 3.8) is 0 Å². The molecule has 6 nitrogen and oxygen atoms in total. The van der Waals surface area contributed by atoms with Crippen LogP contribution in [0, 0.1) is 17.8 Å². The van der Waals surface area contributed by atoms with Crippen LogP contribution in [-0.2, 0) is 16.1 Å². The zero-order valence-electron chi connectivity index (χ0n) is 23.8. The molecule has 1 aliphatic rings. The molecule has 6 heteroatoms. The van der Waals surface area contributed by atoms with E-state index in [0.29, 0.717) is 31.6 Å². The van der Waals surface area contributed by atoms with Crippen LogP contribution in [0.5, 0.6) is 0 Å². The quantitative estimate of drug-likeness (QED) is 0.256. The molecule has 39 heavy (non-hydrogen) atoms. The zero-order chi connectivity index (χ0) is 28.4. The van der Waals surface area contributed by atoms with Crippen molar-refractivity contribution in [1.29, 1.82) is 0 Å². The number of likely N-dealkylation sites (tertiary alicyclic amines) is 1. The molecule has 3 N–H and O–H groups in total. The Hall–Kier alpha value is -3.38. The van der Waals surface area contributed by atoms with E-state index in [9.17, 15) is 14.8 Å². The fourth-order valence-corrected chi connectivity index (χ4v) is 5.56. The second-order valence-electron chi connectivity index (χ2n) is 11.1. The van der Waals surface area contributed by atoms with Crippen molar-refractivity contribution >= 4 is 17.9 Å². The molecule has 0 aliphatic carbocycles. The van der Waals surface area contributed by atoms with Crippen molar-refractivity contribution in [2.75, 3.05) is 6.54 Å². The van der Waals surface area contributed by atoms with E-state index < -0.39 is 6.04 Å². The van der Waals surface area contributed by atoms with Gasteiger partial charge in [0.15, 0.2) is 0 Å². The molecule has 1 saturated heterocycles. The fourth-order valence-electron chi connectivity index (χ4n) is 5.56. The summed E-state index contributed by atoms with van der Waals surface area (Å²) < 4.78 is 0. The lowest BCUT2D eigenvalue weighted by atomic mass is 9.80. The highest BCUT2D eigenvalue weighted by Crippen LogP contribution is 2.30. The number of benzene rings is 2. The minimum absolute atomic E-state index is 0.0330. The van der Waals surface area contributed by atoms with Gasteiger partial charge in [-0.2, -0.15) is 0 Å². The lowest BCUT2D eigenvalue weighted by Crippen LogP contribution is -2.50. The average Bonchev–Trinajstić information content (AvgIpc) is 3.11. The van der Waals surface area contributed by atoms with E-state index in [-0.39, 0.29) is 29.6 Å². The van der Waals surface area contributed by atoms with Gasteiger partial charge >= 0.3 is 0 Å². The Bertz CT molecular complexity index is 1140. The molecular formula is C33H45N3O3. The minimum atomic E-state index is -0.556. The summed E-state index contributed by atoms with van der Waals surface area (Å²) in [6.45, 7) is 15.2. The first-order chi connectivity index (χ1) is 18.8. The van der Waals surface area contributed by atoms with Gasteiger partial charge in [-0.3, -0.25) is 20.3 Å². The van der Waals surface area contributed by atoms with Crippen LogP contribution in [-0.4, -0.2) is 34.5 Å². The minimum Gasteiger partial charge on any atom is -0.344 e. The lowest BCUT2D eigenvalue weighted by Gasteiger charge is -2.31. The molecule has 1 aliphatic heterocycles. The van der Waals surface area contributed by atoms with Crippen LogP contribution in [0.25, 0.3) is 17.2 Å². The highest BCUT2D eigenvalue weighted by molar-refractivity contribution is 5.89. The maximum Gasteiger partial charge on any atom is 0.245 e. The van der Waals surface area contributed by atoms with Gasteiger partial charge in [-0.15, -0.1) is 0 Å². The summed E-state index contributed by atoms with van der Waals surface area (Å²) in [4.78, 5) is 29.2. The molecule has 3 atom stereocenters. The Balaban J connectivity index is 1.77. The molecule has 2 unspecified atom stereocenters. The number of nitrogens with one attached hydrogen (secondary N) is 2. The molecule has 1 fully saturated rings. The molecule has 2 aromatic carbocycles. The van der Waals surface area contributed by atoms with Gasteiger partial charge in [0.25, 0.3) is 0 Å². The third-order valence-electron chi connectivity index (χ3n) is 7.59. The van der Waals surface area contributed by atoms with Crippen molar-refractivity contribution in [1.82, 2.24) is 15.7 Å². The largest absolute Gasteiger partial charge is 0.344 e. The number of allylic oxidation sites excluding steroid dienone is 1. The normalized spacial score (nSPS) is 17.3. The first-order valence-corrected chi connectivity index (χ1v) is 14.3. The van der Waals surface area contributed by atoms with E-state index in [1.54, 1.807) is 0 Å². The van der Waals surface area contributed by atoms with Gasteiger partial charge in [0.1, 0.15) is 6.04 Å². The third-order valence-corrected chi connectivity index (χ3v) is 7.59. The molecule has 0 bridgehead atoms. The molecule has 0 aromatic heterocycles. The molecule has 2 aromatic rings. The first kappa shape index (κ1) is 30.2. The van der Waals surface area contributed by atoms with E-state index >= 15 is 0 Å². The van der Waals surface area contributed by atoms with E-state index in [1.165, 1.54) is 0 Å². The standard InChI is InChI=1S/C33H45N3O3/c1-6-12-29(24(5)35-39)30(19-23(3)4)32(37)34-31-17-8-9-18-36(33(31)38)22-26-14-11-16-28(21-26)27-15-10-13-25(7-2)20-27/h7,10-11,13-16,20-21,23,29-31,35,39H,2,5-6,8-9,12,17-19,22H2,1,3-4H3,(H,34,37)/t29?,30?,31-/m0/s1. The van der Waals surface area contributed by atoms with Gasteiger partial charge in [0.05, 0.1) is 0 Å². The Morgan fingerprint density at radius 1 is 1.13 bits per heavy atom. The zero-order valence-corrected chi connectivity index (χ0v) is 23.8. The number of carbonyl (C=O) groups is 2. The summed E-state index contributed by atoms with van der Waals surface area (Å²) >= 11 is 0. The Morgan fingerprint density at radius 3 is 2.51 bits per heavy atom. The smallest absolute Gasteiger partial charge is 0.245 e. The van der Waals surface area contributed by atoms with Gasteiger partial charge in [-0.25, -0.2) is 0 Å². The van der Waals surface area contributed by atoms with E-state index in [0.717, 1.165) is 47.9 Å². The number of carbonyl (C=O) groups excluding carboxylic acids is 2. The molecule has 2 amide bonds. The molecule has 3 rings (SSSR count). The van der Waals surface area contributed by atoms with Crippen LogP contribution in [0.2, 0.25) is 0 Å². The third kappa shape index (κ3) is 8.30. The number of hydroxylamine groups is 1. The molecule has 0 radical (unpaired) electrons. The van der Waals surface area contributed by atoms with Gasteiger partial charge in [0, 0.05) is 30.6 Å². The van der Waals surface area contributed by atoms with Crippen molar-refractivity contribution in [2.45, 2.75) is 71.9 Å². The number of amides is 2. The summed E-state index contributed by atoms with van der Waals surface area (Å²) in [5.74, 6) is -0.462. The average molecular weight is 532 g/mol. The van der Waals surface area contributed by atoms with Crippen LogP contribution in [0.15, 0.2) is 67.4 Å². The summed E-state index contributed by atoms with van der Waals surface area (Å²) in [5.41, 5.74) is 6.96. The maximum atomic E-state index is 13.7. The monoisotopic (exact) mass is 531 g/mol. The van der Waals surface area contributed by atoms with E-state index in [1.807, 2.05) is 35.2 Å². The van der Waals surface area contributed by atoms with E-state index in [2.05, 4.69) is 69.0 Å².